The maximum Gasteiger partial charge on any atom is 0.319 e. The minimum atomic E-state index is -0.326. The van der Waals surface area contributed by atoms with E-state index in [-0.39, 0.29) is 18.0 Å². The molecule has 2 aromatic rings. The number of aromatic nitrogens is 3. The first-order valence-corrected chi connectivity index (χ1v) is 7.55. The molecule has 3 amide bonds. The fourth-order valence-electron chi connectivity index (χ4n) is 2.62. The van der Waals surface area contributed by atoms with E-state index in [4.69, 9.17) is 0 Å². The Balaban J connectivity index is 1.64. The van der Waals surface area contributed by atoms with Crippen molar-refractivity contribution < 1.29 is 9.59 Å². The molecule has 0 saturated carbocycles. The van der Waals surface area contributed by atoms with Gasteiger partial charge in [0.15, 0.2) is 0 Å². The summed E-state index contributed by atoms with van der Waals surface area (Å²) in [5.74, 6) is -0.201. The molecule has 1 aromatic carbocycles. The topological polar surface area (TPSA) is 101 Å². The Morgan fingerprint density at radius 2 is 2.08 bits per heavy atom. The smallest absolute Gasteiger partial charge is 0.319 e. The molecular formula is C16H18N6O2. The molecule has 1 aromatic heterocycles. The summed E-state index contributed by atoms with van der Waals surface area (Å²) in [6.45, 7) is 3.90. The normalized spacial score (nSPS) is 17.2. The fraction of sp³-hybridized carbons (Fsp3) is 0.250. The van der Waals surface area contributed by atoms with Gasteiger partial charge < -0.3 is 16.0 Å². The van der Waals surface area contributed by atoms with Crippen LogP contribution in [0.1, 0.15) is 19.4 Å². The van der Waals surface area contributed by atoms with Gasteiger partial charge in [-0.15, -0.1) is 0 Å². The second kappa shape index (κ2) is 6.53. The van der Waals surface area contributed by atoms with Crippen molar-refractivity contribution in [3.05, 3.63) is 53.8 Å². The van der Waals surface area contributed by atoms with Crippen LogP contribution in [0.5, 0.6) is 0 Å². The van der Waals surface area contributed by atoms with Crippen molar-refractivity contribution in [1.82, 2.24) is 30.7 Å². The highest BCUT2D eigenvalue weighted by molar-refractivity contribution is 5.98. The Hall–Kier alpha value is -3.16. The summed E-state index contributed by atoms with van der Waals surface area (Å²) < 4.78 is 1.66. The molecule has 2 heterocycles. The number of urea groups is 1. The van der Waals surface area contributed by atoms with Crippen LogP contribution >= 0.6 is 0 Å². The molecule has 0 unspecified atom stereocenters. The van der Waals surface area contributed by atoms with Crippen molar-refractivity contribution in [2.24, 2.45) is 0 Å². The van der Waals surface area contributed by atoms with E-state index in [1.807, 2.05) is 24.3 Å². The third-order valence-corrected chi connectivity index (χ3v) is 3.80. The highest BCUT2D eigenvalue weighted by Crippen LogP contribution is 2.13. The first-order valence-electron chi connectivity index (χ1n) is 7.55. The maximum absolute atomic E-state index is 12.4. The number of amides is 3. The predicted molar refractivity (Wildman–Crippen MR) is 87.0 cm³/mol. The van der Waals surface area contributed by atoms with Gasteiger partial charge in [-0.1, -0.05) is 12.1 Å². The lowest BCUT2D eigenvalue weighted by atomic mass is 10.0. The second-order valence-electron chi connectivity index (χ2n) is 5.55. The van der Waals surface area contributed by atoms with E-state index in [1.165, 1.54) is 6.33 Å². The Kier molecular flexibility index (Phi) is 4.28. The van der Waals surface area contributed by atoms with E-state index in [9.17, 15) is 9.59 Å². The van der Waals surface area contributed by atoms with Crippen LogP contribution in [-0.2, 0) is 11.3 Å². The molecule has 0 bridgehead atoms. The third kappa shape index (κ3) is 3.27. The third-order valence-electron chi connectivity index (χ3n) is 3.80. The van der Waals surface area contributed by atoms with Gasteiger partial charge in [-0.3, -0.25) is 4.79 Å². The minimum absolute atomic E-state index is 0.201. The lowest BCUT2D eigenvalue weighted by molar-refractivity contribution is -0.118. The van der Waals surface area contributed by atoms with Crippen molar-refractivity contribution in [1.29, 1.82) is 0 Å². The van der Waals surface area contributed by atoms with Crippen molar-refractivity contribution in [3.63, 3.8) is 0 Å². The Morgan fingerprint density at radius 1 is 1.33 bits per heavy atom. The molecule has 0 radical (unpaired) electrons. The molecule has 0 fully saturated rings. The average molecular weight is 326 g/mol. The van der Waals surface area contributed by atoms with Crippen LogP contribution < -0.4 is 16.0 Å². The lowest BCUT2D eigenvalue weighted by Crippen LogP contribution is -2.50. The summed E-state index contributed by atoms with van der Waals surface area (Å²) in [6.07, 6.45) is 3.10. The van der Waals surface area contributed by atoms with Crippen LogP contribution in [-0.4, -0.2) is 32.7 Å². The summed E-state index contributed by atoms with van der Waals surface area (Å²) in [7, 11) is 0. The zero-order valence-corrected chi connectivity index (χ0v) is 13.4. The van der Waals surface area contributed by atoms with Crippen LogP contribution in [0.25, 0.3) is 5.69 Å². The summed E-state index contributed by atoms with van der Waals surface area (Å²) in [5, 5.41) is 12.2. The zero-order valence-electron chi connectivity index (χ0n) is 13.4. The predicted octanol–water partition coefficient (Wildman–Crippen LogP) is 0.859. The Labute approximate surface area is 139 Å². The van der Waals surface area contributed by atoms with Crippen molar-refractivity contribution in [3.8, 4) is 5.69 Å². The van der Waals surface area contributed by atoms with Gasteiger partial charge in [0, 0.05) is 12.2 Å². The van der Waals surface area contributed by atoms with E-state index in [0.717, 1.165) is 11.3 Å². The molecule has 8 heteroatoms. The highest BCUT2D eigenvalue weighted by atomic mass is 16.2. The first kappa shape index (κ1) is 15.7. The lowest BCUT2D eigenvalue weighted by Gasteiger charge is -2.25. The van der Waals surface area contributed by atoms with Crippen LogP contribution in [0, 0.1) is 0 Å². The summed E-state index contributed by atoms with van der Waals surface area (Å²) >= 11 is 0. The van der Waals surface area contributed by atoms with Crippen LogP contribution in [0.3, 0.4) is 0 Å². The van der Waals surface area contributed by atoms with E-state index in [1.54, 1.807) is 24.9 Å². The molecule has 1 atom stereocenters. The standard InChI is InChI=1S/C16H18N6O2/c1-10-14(11(2)21-16(24)20-10)15(23)18-7-12-3-5-13(6-4-12)22-9-17-8-19-22/h3-6,8-10H,7H2,1-2H3,(H,18,23)(H2,20,21,24)/t10-/m0/s1. The molecule has 1 aliphatic heterocycles. The number of nitrogens with zero attached hydrogens (tertiary/aromatic N) is 3. The van der Waals surface area contributed by atoms with Gasteiger partial charge in [-0.05, 0) is 31.5 Å². The summed E-state index contributed by atoms with van der Waals surface area (Å²) in [6, 6.07) is 7.04. The number of allylic oxidation sites excluding steroid dienone is 1. The van der Waals surface area contributed by atoms with Gasteiger partial charge in [0.25, 0.3) is 5.91 Å². The molecule has 0 saturated heterocycles. The number of hydrogen-bond acceptors (Lipinski definition) is 4. The molecule has 1 aliphatic rings. The van der Waals surface area contributed by atoms with Crippen molar-refractivity contribution in [2.75, 3.05) is 0 Å². The van der Waals surface area contributed by atoms with Crippen LogP contribution in [0.15, 0.2) is 48.2 Å². The highest BCUT2D eigenvalue weighted by Gasteiger charge is 2.26. The summed E-state index contributed by atoms with van der Waals surface area (Å²) in [4.78, 5) is 27.6. The second-order valence-corrected chi connectivity index (χ2v) is 5.55. The quantitative estimate of drug-likeness (QED) is 0.775. The Morgan fingerprint density at radius 3 is 2.71 bits per heavy atom. The Bertz CT molecular complexity index is 779. The number of carbonyl (C=O) groups is 2. The number of rotatable bonds is 4. The number of carbonyl (C=O) groups excluding carboxylic acids is 2. The van der Waals surface area contributed by atoms with Gasteiger partial charge in [0.05, 0.1) is 17.3 Å². The molecule has 3 rings (SSSR count). The maximum atomic E-state index is 12.4. The molecule has 8 nitrogen and oxygen atoms in total. The van der Waals surface area contributed by atoms with E-state index >= 15 is 0 Å². The van der Waals surface area contributed by atoms with E-state index in [2.05, 4.69) is 26.0 Å². The molecule has 0 aliphatic carbocycles. The van der Waals surface area contributed by atoms with Crippen LogP contribution in [0.2, 0.25) is 0 Å². The van der Waals surface area contributed by atoms with Gasteiger partial charge in [0.2, 0.25) is 0 Å². The van der Waals surface area contributed by atoms with Crippen molar-refractivity contribution in [2.45, 2.75) is 26.4 Å². The largest absolute Gasteiger partial charge is 0.348 e. The van der Waals surface area contributed by atoms with E-state index < -0.39 is 0 Å². The molecule has 3 N–H and O–H groups in total. The fourth-order valence-corrected chi connectivity index (χ4v) is 2.62. The van der Waals surface area contributed by atoms with Gasteiger partial charge in [-0.2, -0.15) is 5.10 Å². The van der Waals surface area contributed by atoms with Gasteiger partial charge in [-0.25, -0.2) is 14.5 Å². The molecular weight excluding hydrogens is 308 g/mol. The zero-order chi connectivity index (χ0) is 17.1. The van der Waals surface area contributed by atoms with E-state index in [0.29, 0.717) is 17.8 Å². The molecule has 124 valence electrons. The molecule has 24 heavy (non-hydrogen) atoms. The van der Waals surface area contributed by atoms with Crippen molar-refractivity contribution >= 4 is 11.9 Å². The first-order chi connectivity index (χ1) is 11.5. The average Bonchev–Trinajstić information content (AvgIpc) is 3.07. The van der Waals surface area contributed by atoms with Crippen LogP contribution in [0.4, 0.5) is 4.79 Å². The SMILES string of the molecule is CC1=C(C(=O)NCc2ccc(-n3cncn3)cc2)[C@H](C)NC(=O)N1. The monoisotopic (exact) mass is 326 g/mol. The number of nitrogens with one attached hydrogen (secondary N) is 3. The van der Waals surface area contributed by atoms with Gasteiger partial charge >= 0.3 is 6.03 Å². The van der Waals surface area contributed by atoms with Gasteiger partial charge in [0.1, 0.15) is 12.7 Å². The summed E-state index contributed by atoms with van der Waals surface area (Å²) in [5.41, 5.74) is 2.97. The molecule has 0 spiro atoms. The number of hydrogen-bond donors (Lipinski definition) is 3. The number of benzene rings is 1. The minimum Gasteiger partial charge on any atom is -0.348 e.